The van der Waals surface area contributed by atoms with Gasteiger partial charge in [-0.25, -0.2) is 4.79 Å². The Morgan fingerprint density at radius 3 is 2.21 bits per heavy atom. The average molecular weight is 447 g/mol. The van der Waals surface area contributed by atoms with Gasteiger partial charge in [-0.15, -0.1) is 4.48 Å². The van der Waals surface area contributed by atoms with Gasteiger partial charge in [-0.1, -0.05) is 58.4 Å². The molecule has 2 aromatic carbocycles. The first-order valence-electron chi connectivity index (χ1n) is 9.48. The average Bonchev–Trinajstić information content (AvgIpc) is 2.73. The van der Waals surface area contributed by atoms with Gasteiger partial charge >= 0.3 is 12.0 Å². The standard InChI is InChI=1S/C22H24BrNO4/c23-15-18-6-8-20(9-7-18)24(22(26)27,16-19-4-2-1-3-5-19)21(25)14-17-10-12-28-13-11-17/h1-9,17H,10-16H2/p+1. The molecule has 1 aliphatic heterocycles. The van der Waals surface area contributed by atoms with Crippen LogP contribution in [0.1, 0.15) is 30.4 Å². The lowest BCUT2D eigenvalue weighted by atomic mass is 9.95. The largest absolute Gasteiger partial charge is 0.526 e. The second-order valence-corrected chi connectivity index (χ2v) is 7.75. The third kappa shape index (κ3) is 4.51. The van der Waals surface area contributed by atoms with Crippen molar-refractivity contribution in [3.05, 3.63) is 65.7 Å². The molecular weight excluding hydrogens is 422 g/mol. The first-order chi connectivity index (χ1) is 13.6. The first-order valence-corrected chi connectivity index (χ1v) is 10.6. The predicted octanol–water partition coefficient (Wildman–Crippen LogP) is 5.11. The van der Waals surface area contributed by atoms with Crippen molar-refractivity contribution in [1.29, 1.82) is 0 Å². The van der Waals surface area contributed by atoms with Gasteiger partial charge in [-0.2, -0.15) is 4.79 Å². The lowest BCUT2D eigenvalue weighted by Gasteiger charge is -2.32. The summed E-state index contributed by atoms with van der Waals surface area (Å²) in [6, 6.07) is 16.6. The number of nitrogens with zero attached hydrogens (tertiary/aromatic N) is 1. The molecule has 0 saturated carbocycles. The van der Waals surface area contributed by atoms with E-state index in [0.717, 1.165) is 24.0 Å². The number of alkyl halides is 1. The lowest BCUT2D eigenvalue weighted by molar-refractivity contribution is -0.130. The van der Waals surface area contributed by atoms with Crippen LogP contribution in [0.3, 0.4) is 0 Å². The van der Waals surface area contributed by atoms with Gasteiger partial charge < -0.3 is 9.84 Å². The highest BCUT2D eigenvalue weighted by Gasteiger charge is 2.48. The van der Waals surface area contributed by atoms with E-state index in [1.807, 2.05) is 42.5 Å². The van der Waals surface area contributed by atoms with E-state index < -0.39 is 10.6 Å². The molecule has 148 valence electrons. The number of amides is 2. The smallest absolute Gasteiger partial charge is 0.435 e. The maximum absolute atomic E-state index is 13.5. The quantitative estimate of drug-likeness (QED) is 0.494. The van der Waals surface area contributed by atoms with Crippen LogP contribution in [-0.2, 0) is 21.4 Å². The second-order valence-electron chi connectivity index (χ2n) is 7.19. The Morgan fingerprint density at radius 1 is 1.00 bits per heavy atom. The van der Waals surface area contributed by atoms with E-state index in [0.29, 0.717) is 24.2 Å². The maximum Gasteiger partial charge on any atom is 0.526 e. The molecule has 0 bridgehead atoms. The van der Waals surface area contributed by atoms with E-state index in [1.165, 1.54) is 0 Å². The van der Waals surface area contributed by atoms with E-state index in [-0.39, 0.29) is 24.8 Å². The Balaban J connectivity index is 2.00. The molecule has 1 fully saturated rings. The highest BCUT2D eigenvalue weighted by Crippen LogP contribution is 2.32. The number of quaternary nitrogens is 1. The minimum atomic E-state index is -1.15. The number of benzene rings is 2. The number of hydrogen-bond acceptors (Lipinski definition) is 3. The third-order valence-electron chi connectivity index (χ3n) is 5.35. The number of halogens is 1. The van der Waals surface area contributed by atoms with Gasteiger partial charge in [0.2, 0.25) is 0 Å². The Bertz CT molecular complexity index is 803. The summed E-state index contributed by atoms with van der Waals surface area (Å²) in [5.74, 6) is -0.120. The highest BCUT2D eigenvalue weighted by atomic mass is 79.9. The topological polar surface area (TPSA) is 63.6 Å². The molecule has 0 radical (unpaired) electrons. The zero-order valence-electron chi connectivity index (χ0n) is 15.7. The Labute approximate surface area is 173 Å². The molecule has 3 rings (SSSR count). The van der Waals surface area contributed by atoms with Gasteiger partial charge in [0.25, 0.3) is 0 Å². The van der Waals surface area contributed by atoms with Gasteiger partial charge in [0.15, 0.2) is 5.69 Å². The zero-order chi connectivity index (χ0) is 20.0. The molecular formula is C22H25BrNO4+. The van der Waals surface area contributed by atoms with Gasteiger partial charge in [-0.05, 0) is 24.3 Å². The minimum Gasteiger partial charge on any atom is -0.435 e. The van der Waals surface area contributed by atoms with Gasteiger partial charge in [-0.3, -0.25) is 0 Å². The lowest BCUT2D eigenvalue weighted by Crippen LogP contribution is -2.57. The molecule has 1 heterocycles. The van der Waals surface area contributed by atoms with Crippen molar-refractivity contribution in [3.8, 4) is 0 Å². The molecule has 5 nitrogen and oxygen atoms in total. The fourth-order valence-electron chi connectivity index (χ4n) is 3.66. The van der Waals surface area contributed by atoms with E-state index >= 15 is 0 Å². The van der Waals surface area contributed by atoms with Crippen molar-refractivity contribution >= 4 is 33.6 Å². The fourth-order valence-corrected chi connectivity index (χ4v) is 4.03. The van der Waals surface area contributed by atoms with Gasteiger partial charge in [0.1, 0.15) is 6.54 Å². The molecule has 28 heavy (non-hydrogen) atoms. The molecule has 1 saturated heterocycles. The van der Waals surface area contributed by atoms with E-state index in [2.05, 4.69) is 15.9 Å². The highest BCUT2D eigenvalue weighted by molar-refractivity contribution is 9.08. The van der Waals surface area contributed by atoms with Crippen LogP contribution in [0.25, 0.3) is 0 Å². The summed E-state index contributed by atoms with van der Waals surface area (Å²) >= 11 is 3.41. The van der Waals surface area contributed by atoms with Crippen LogP contribution in [0.2, 0.25) is 0 Å². The van der Waals surface area contributed by atoms with Gasteiger partial charge in [0, 0.05) is 36.2 Å². The minimum absolute atomic E-state index is 0.0892. The van der Waals surface area contributed by atoms with Crippen LogP contribution in [0, 0.1) is 5.92 Å². The molecule has 0 aromatic heterocycles. The molecule has 0 spiro atoms. The molecule has 2 amide bonds. The first kappa shape index (κ1) is 20.7. The SMILES string of the molecule is O=C(O)[N+](Cc1ccccc1)(C(=O)CC1CCOCC1)c1ccc(CBr)cc1. The van der Waals surface area contributed by atoms with Crippen LogP contribution < -0.4 is 4.48 Å². The summed E-state index contributed by atoms with van der Waals surface area (Å²) in [6.07, 6.45) is 0.675. The van der Waals surface area contributed by atoms with E-state index in [9.17, 15) is 14.7 Å². The van der Waals surface area contributed by atoms with Crippen molar-refractivity contribution in [2.45, 2.75) is 31.1 Å². The summed E-state index contributed by atoms with van der Waals surface area (Å²) < 4.78 is 4.66. The molecule has 0 aliphatic carbocycles. The second kappa shape index (κ2) is 9.45. The van der Waals surface area contributed by atoms with Crippen LogP contribution >= 0.6 is 15.9 Å². The Morgan fingerprint density at radius 2 is 1.64 bits per heavy atom. The summed E-state index contributed by atoms with van der Waals surface area (Å²) in [6.45, 7) is 1.35. The molecule has 2 aromatic rings. The van der Waals surface area contributed by atoms with Crippen LogP contribution in [-0.4, -0.2) is 30.3 Å². The molecule has 1 aliphatic rings. The van der Waals surface area contributed by atoms with Crippen LogP contribution in [0.5, 0.6) is 0 Å². The van der Waals surface area contributed by atoms with Crippen LogP contribution in [0.4, 0.5) is 10.5 Å². The van der Waals surface area contributed by atoms with Crippen LogP contribution in [0.15, 0.2) is 54.6 Å². The summed E-state index contributed by atoms with van der Waals surface area (Å²) in [5, 5.41) is 11.0. The van der Waals surface area contributed by atoms with E-state index in [4.69, 9.17) is 4.74 Å². The summed E-state index contributed by atoms with van der Waals surface area (Å²) in [4.78, 5) is 26.1. The van der Waals surface area contributed by atoms with Crippen molar-refractivity contribution < 1.29 is 19.4 Å². The number of carbonyl (C=O) groups excluding carboxylic acids is 1. The maximum atomic E-state index is 13.5. The number of rotatable bonds is 6. The number of imide groups is 1. The summed E-state index contributed by atoms with van der Waals surface area (Å²) in [7, 11) is 0. The summed E-state index contributed by atoms with van der Waals surface area (Å²) in [5.41, 5.74) is 2.33. The number of ether oxygens (including phenoxy) is 1. The van der Waals surface area contributed by atoms with Crippen molar-refractivity contribution in [1.82, 2.24) is 4.48 Å². The Hall–Kier alpha value is -2.02. The zero-order valence-corrected chi connectivity index (χ0v) is 17.3. The number of carbonyl (C=O) groups is 2. The third-order valence-corrected chi connectivity index (χ3v) is 6.00. The molecule has 1 unspecified atom stereocenters. The monoisotopic (exact) mass is 446 g/mol. The molecule has 1 N–H and O–H groups in total. The molecule has 1 atom stereocenters. The molecule has 6 heteroatoms. The van der Waals surface area contributed by atoms with Crippen molar-refractivity contribution in [2.75, 3.05) is 13.2 Å². The predicted molar refractivity (Wildman–Crippen MR) is 112 cm³/mol. The Kier molecular flexibility index (Phi) is 6.99. The van der Waals surface area contributed by atoms with Crippen molar-refractivity contribution in [2.24, 2.45) is 5.92 Å². The number of carboxylic acid groups (broad SMARTS) is 1. The van der Waals surface area contributed by atoms with Crippen molar-refractivity contribution in [3.63, 3.8) is 0 Å². The number of hydrogen-bond donors (Lipinski definition) is 1. The van der Waals surface area contributed by atoms with Gasteiger partial charge in [0.05, 0.1) is 6.42 Å². The fraction of sp³-hybridized carbons (Fsp3) is 0.364. The van der Waals surface area contributed by atoms with E-state index in [1.54, 1.807) is 12.1 Å². The normalized spacial score (nSPS) is 17.0.